The topological polar surface area (TPSA) is 61.5 Å². The minimum absolute atomic E-state index is 0.111. The number of rotatable bonds is 5. The number of piperidine rings is 1. The Morgan fingerprint density at radius 3 is 3.06 bits per heavy atom. The van der Waals surface area contributed by atoms with Crippen LogP contribution < -0.4 is 11.1 Å². The summed E-state index contributed by atoms with van der Waals surface area (Å²) in [4.78, 5) is 2.62. The third kappa shape index (κ3) is 2.99. The van der Waals surface area contributed by atoms with Crippen molar-refractivity contribution in [2.24, 2.45) is 5.73 Å². The molecule has 0 spiro atoms. The van der Waals surface area contributed by atoms with E-state index in [1.165, 1.54) is 32.4 Å². The SMILES string of the molecule is CC(CCO)NC1(CN)CCN2CCCC2C1. The van der Waals surface area contributed by atoms with Crippen LogP contribution in [0.25, 0.3) is 0 Å². The molecule has 3 atom stereocenters. The summed E-state index contributed by atoms with van der Waals surface area (Å²) in [5.41, 5.74) is 6.13. The van der Waals surface area contributed by atoms with E-state index in [9.17, 15) is 0 Å². The lowest BCUT2D eigenvalue weighted by Crippen LogP contribution is -2.61. The van der Waals surface area contributed by atoms with Crippen LogP contribution in [0, 0.1) is 0 Å². The van der Waals surface area contributed by atoms with Gasteiger partial charge in [-0.05, 0) is 45.6 Å². The summed E-state index contributed by atoms with van der Waals surface area (Å²) in [5, 5.41) is 12.7. The van der Waals surface area contributed by atoms with E-state index >= 15 is 0 Å². The first-order chi connectivity index (χ1) is 8.19. The Bertz CT molecular complexity index is 249. The molecule has 0 bridgehead atoms. The Hall–Kier alpha value is -0.160. The van der Waals surface area contributed by atoms with E-state index < -0.39 is 0 Å². The quantitative estimate of drug-likeness (QED) is 0.648. The maximum atomic E-state index is 8.99. The van der Waals surface area contributed by atoms with Crippen molar-refractivity contribution >= 4 is 0 Å². The summed E-state index contributed by atoms with van der Waals surface area (Å²) in [6.07, 6.45) is 5.82. The van der Waals surface area contributed by atoms with Gasteiger partial charge in [0.25, 0.3) is 0 Å². The van der Waals surface area contributed by atoms with Gasteiger partial charge in [-0.25, -0.2) is 0 Å². The fourth-order valence-corrected chi connectivity index (χ4v) is 3.50. The second-order valence-corrected chi connectivity index (χ2v) is 5.83. The molecule has 2 rings (SSSR count). The highest BCUT2D eigenvalue weighted by Crippen LogP contribution is 2.32. The summed E-state index contributed by atoms with van der Waals surface area (Å²) in [6.45, 7) is 5.57. The second kappa shape index (κ2) is 5.65. The maximum absolute atomic E-state index is 8.99. The van der Waals surface area contributed by atoms with Gasteiger partial charge in [-0.15, -0.1) is 0 Å². The third-order valence-electron chi connectivity index (χ3n) is 4.51. The van der Waals surface area contributed by atoms with Gasteiger partial charge in [-0.3, -0.25) is 0 Å². The molecule has 0 saturated carbocycles. The normalized spacial score (nSPS) is 35.8. The van der Waals surface area contributed by atoms with Crippen LogP contribution >= 0.6 is 0 Å². The molecule has 2 fully saturated rings. The van der Waals surface area contributed by atoms with Crippen LogP contribution in [-0.4, -0.2) is 53.9 Å². The van der Waals surface area contributed by atoms with E-state index in [1.807, 2.05) is 0 Å². The highest BCUT2D eigenvalue weighted by molar-refractivity contribution is 5.01. The standard InChI is InChI=1S/C13H27N3O/c1-11(4-8-17)15-13(10-14)5-7-16-6-2-3-12(16)9-13/h11-12,15,17H,2-10,14H2,1H3. The van der Waals surface area contributed by atoms with Gasteiger partial charge < -0.3 is 21.1 Å². The molecule has 0 radical (unpaired) electrons. The van der Waals surface area contributed by atoms with Gasteiger partial charge in [-0.2, -0.15) is 0 Å². The van der Waals surface area contributed by atoms with Gasteiger partial charge in [0.1, 0.15) is 0 Å². The minimum Gasteiger partial charge on any atom is -0.396 e. The molecular weight excluding hydrogens is 214 g/mol. The fourth-order valence-electron chi connectivity index (χ4n) is 3.50. The largest absolute Gasteiger partial charge is 0.396 e. The lowest BCUT2D eigenvalue weighted by atomic mass is 9.82. The molecular formula is C13H27N3O. The van der Waals surface area contributed by atoms with Crippen molar-refractivity contribution in [3.8, 4) is 0 Å². The second-order valence-electron chi connectivity index (χ2n) is 5.83. The maximum Gasteiger partial charge on any atom is 0.0445 e. The molecule has 2 aliphatic rings. The average Bonchev–Trinajstić information content (AvgIpc) is 2.76. The van der Waals surface area contributed by atoms with Crippen LogP contribution in [0.4, 0.5) is 0 Å². The molecule has 4 N–H and O–H groups in total. The highest BCUT2D eigenvalue weighted by Gasteiger charge is 2.40. The molecule has 0 amide bonds. The predicted molar refractivity (Wildman–Crippen MR) is 69.9 cm³/mol. The number of nitrogens with one attached hydrogen (secondary N) is 1. The van der Waals surface area contributed by atoms with Gasteiger partial charge in [0.2, 0.25) is 0 Å². The van der Waals surface area contributed by atoms with Gasteiger partial charge in [0, 0.05) is 37.3 Å². The number of aliphatic hydroxyl groups is 1. The van der Waals surface area contributed by atoms with E-state index in [4.69, 9.17) is 10.8 Å². The monoisotopic (exact) mass is 241 g/mol. The molecule has 0 aromatic heterocycles. The molecule has 17 heavy (non-hydrogen) atoms. The van der Waals surface area contributed by atoms with Crippen molar-refractivity contribution in [3.63, 3.8) is 0 Å². The molecule has 2 heterocycles. The summed E-state index contributed by atoms with van der Waals surface area (Å²) in [5.74, 6) is 0. The zero-order valence-corrected chi connectivity index (χ0v) is 11.0. The number of fused-ring (bicyclic) bond motifs is 1. The number of nitrogens with two attached hydrogens (primary N) is 1. The van der Waals surface area contributed by atoms with Crippen LogP contribution in [0.15, 0.2) is 0 Å². The Morgan fingerprint density at radius 2 is 2.35 bits per heavy atom. The lowest BCUT2D eigenvalue weighted by molar-refractivity contribution is 0.0996. The van der Waals surface area contributed by atoms with E-state index in [1.54, 1.807) is 0 Å². The Morgan fingerprint density at radius 1 is 1.53 bits per heavy atom. The van der Waals surface area contributed by atoms with Crippen molar-refractivity contribution in [2.45, 2.75) is 56.7 Å². The van der Waals surface area contributed by atoms with Crippen LogP contribution in [0.3, 0.4) is 0 Å². The van der Waals surface area contributed by atoms with Gasteiger partial charge >= 0.3 is 0 Å². The van der Waals surface area contributed by atoms with Gasteiger partial charge in [0.15, 0.2) is 0 Å². The van der Waals surface area contributed by atoms with E-state index in [-0.39, 0.29) is 12.1 Å². The average molecular weight is 241 g/mol. The molecule has 0 aromatic carbocycles. The first kappa shape index (κ1) is 13.3. The summed E-state index contributed by atoms with van der Waals surface area (Å²) in [6, 6.07) is 1.10. The van der Waals surface area contributed by atoms with Crippen molar-refractivity contribution < 1.29 is 5.11 Å². The van der Waals surface area contributed by atoms with Crippen LogP contribution in [-0.2, 0) is 0 Å². The van der Waals surface area contributed by atoms with Gasteiger partial charge in [0.05, 0.1) is 0 Å². The molecule has 4 heteroatoms. The minimum atomic E-state index is 0.111. The van der Waals surface area contributed by atoms with Crippen molar-refractivity contribution in [1.29, 1.82) is 0 Å². The van der Waals surface area contributed by atoms with Crippen LogP contribution in [0.2, 0.25) is 0 Å². The molecule has 100 valence electrons. The van der Waals surface area contributed by atoms with Crippen LogP contribution in [0.1, 0.15) is 39.0 Å². The van der Waals surface area contributed by atoms with E-state index in [0.717, 1.165) is 18.9 Å². The molecule has 0 aliphatic carbocycles. The first-order valence-corrected chi connectivity index (χ1v) is 7.02. The Labute approximate surface area is 105 Å². The smallest absolute Gasteiger partial charge is 0.0445 e. The van der Waals surface area contributed by atoms with Crippen LogP contribution in [0.5, 0.6) is 0 Å². The Kier molecular flexibility index (Phi) is 4.42. The van der Waals surface area contributed by atoms with Crippen molar-refractivity contribution in [1.82, 2.24) is 10.2 Å². The molecule has 2 saturated heterocycles. The molecule has 3 unspecified atom stereocenters. The van der Waals surface area contributed by atoms with Crippen molar-refractivity contribution in [2.75, 3.05) is 26.2 Å². The molecule has 0 aromatic rings. The van der Waals surface area contributed by atoms with Gasteiger partial charge in [-0.1, -0.05) is 0 Å². The number of nitrogens with zero attached hydrogens (tertiary/aromatic N) is 1. The van der Waals surface area contributed by atoms with E-state index in [0.29, 0.717) is 12.6 Å². The lowest BCUT2D eigenvalue weighted by Gasteiger charge is -2.45. The fraction of sp³-hybridized carbons (Fsp3) is 1.00. The zero-order chi connectivity index (χ0) is 12.3. The summed E-state index contributed by atoms with van der Waals surface area (Å²) < 4.78 is 0. The third-order valence-corrected chi connectivity index (χ3v) is 4.51. The van der Waals surface area contributed by atoms with E-state index in [2.05, 4.69) is 17.1 Å². The molecule has 4 nitrogen and oxygen atoms in total. The zero-order valence-electron chi connectivity index (χ0n) is 11.0. The highest BCUT2D eigenvalue weighted by atomic mass is 16.3. The predicted octanol–water partition coefficient (Wildman–Crippen LogP) is 0.303. The summed E-state index contributed by atoms with van der Waals surface area (Å²) in [7, 11) is 0. The molecule has 2 aliphatic heterocycles. The summed E-state index contributed by atoms with van der Waals surface area (Å²) >= 11 is 0. The number of hydrogen-bond donors (Lipinski definition) is 3. The number of aliphatic hydroxyl groups excluding tert-OH is 1. The first-order valence-electron chi connectivity index (χ1n) is 7.02. The Balaban J connectivity index is 1.94. The van der Waals surface area contributed by atoms with Crippen molar-refractivity contribution in [3.05, 3.63) is 0 Å². The number of hydrogen-bond acceptors (Lipinski definition) is 4.